The third-order valence-corrected chi connectivity index (χ3v) is 4.01. The molecule has 0 spiro atoms. The maximum absolute atomic E-state index is 12.2. The standard InChI is InChI=1S/C13H16ClN3O3/c14-11-6-9(4-5-12(11)17(19)20)16-13(18)10-3-1-2-8(10)7-15/h4-6,8,10H,1-3,7,15H2,(H,16,18). The Morgan fingerprint density at radius 1 is 1.50 bits per heavy atom. The van der Waals surface area contributed by atoms with E-state index >= 15 is 0 Å². The molecule has 0 heterocycles. The van der Waals surface area contributed by atoms with Crippen molar-refractivity contribution >= 4 is 28.9 Å². The lowest BCUT2D eigenvalue weighted by Crippen LogP contribution is -2.29. The summed E-state index contributed by atoms with van der Waals surface area (Å²) in [6.45, 7) is 0.499. The number of hydrogen-bond donors (Lipinski definition) is 2. The van der Waals surface area contributed by atoms with Crippen LogP contribution in [0, 0.1) is 22.0 Å². The molecule has 1 aromatic carbocycles. The first-order chi connectivity index (χ1) is 9.52. The smallest absolute Gasteiger partial charge is 0.288 e. The van der Waals surface area contributed by atoms with Crippen molar-refractivity contribution in [3.8, 4) is 0 Å². The number of benzene rings is 1. The average molecular weight is 298 g/mol. The summed E-state index contributed by atoms with van der Waals surface area (Å²) >= 11 is 5.81. The third kappa shape index (κ3) is 3.08. The molecule has 0 bridgehead atoms. The summed E-state index contributed by atoms with van der Waals surface area (Å²) in [4.78, 5) is 22.3. The molecule has 2 rings (SSSR count). The van der Waals surface area contributed by atoms with Crippen molar-refractivity contribution in [2.75, 3.05) is 11.9 Å². The van der Waals surface area contributed by atoms with Gasteiger partial charge >= 0.3 is 0 Å². The van der Waals surface area contributed by atoms with Crippen LogP contribution in [0.4, 0.5) is 11.4 Å². The number of hydrogen-bond acceptors (Lipinski definition) is 4. The van der Waals surface area contributed by atoms with E-state index in [2.05, 4.69) is 5.32 Å². The Morgan fingerprint density at radius 3 is 2.85 bits per heavy atom. The number of nitro benzene ring substituents is 1. The van der Waals surface area contributed by atoms with E-state index in [0.717, 1.165) is 19.3 Å². The van der Waals surface area contributed by atoms with Crippen LogP contribution in [0.15, 0.2) is 18.2 Å². The first-order valence-corrected chi connectivity index (χ1v) is 6.85. The molecule has 0 aliphatic heterocycles. The van der Waals surface area contributed by atoms with Crippen LogP contribution >= 0.6 is 11.6 Å². The lowest BCUT2D eigenvalue weighted by atomic mass is 9.95. The Balaban J connectivity index is 2.08. The Kier molecular flexibility index (Phi) is 4.57. The van der Waals surface area contributed by atoms with Gasteiger partial charge < -0.3 is 11.1 Å². The maximum atomic E-state index is 12.2. The molecule has 0 radical (unpaired) electrons. The SMILES string of the molecule is NCC1CCCC1C(=O)Nc1ccc([N+](=O)[O-])c(Cl)c1. The lowest BCUT2D eigenvalue weighted by Gasteiger charge is -2.17. The minimum atomic E-state index is -0.560. The average Bonchev–Trinajstić information content (AvgIpc) is 2.86. The predicted octanol–water partition coefficient (Wildman–Crippen LogP) is 2.56. The van der Waals surface area contributed by atoms with E-state index in [4.69, 9.17) is 17.3 Å². The molecule has 7 heteroatoms. The minimum absolute atomic E-state index is 0.00889. The van der Waals surface area contributed by atoms with Crippen molar-refractivity contribution in [1.29, 1.82) is 0 Å². The molecule has 1 saturated carbocycles. The fourth-order valence-corrected chi connectivity index (χ4v) is 2.88. The van der Waals surface area contributed by atoms with Crippen molar-refractivity contribution in [3.63, 3.8) is 0 Å². The maximum Gasteiger partial charge on any atom is 0.288 e. The third-order valence-electron chi connectivity index (χ3n) is 3.71. The highest BCUT2D eigenvalue weighted by Gasteiger charge is 2.32. The fraction of sp³-hybridized carbons (Fsp3) is 0.462. The number of carbonyl (C=O) groups excluding carboxylic acids is 1. The number of anilines is 1. The molecule has 3 N–H and O–H groups in total. The first kappa shape index (κ1) is 14.7. The molecule has 20 heavy (non-hydrogen) atoms. The second kappa shape index (κ2) is 6.19. The quantitative estimate of drug-likeness (QED) is 0.659. The van der Waals surface area contributed by atoms with E-state index in [0.29, 0.717) is 12.2 Å². The predicted molar refractivity (Wildman–Crippen MR) is 76.6 cm³/mol. The van der Waals surface area contributed by atoms with Gasteiger partial charge in [0, 0.05) is 17.7 Å². The summed E-state index contributed by atoms with van der Waals surface area (Å²) in [7, 11) is 0. The zero-order valence-electron chi connectivity index (χ0n) is 10.8. The second-order valence-electron chi connectivity index (χ2n) is 4.95. The number of nitrogens with zero attached hydrogens (tertiary/aromatic N) is 1. The van der Waals surface area contributed by atoms with Crippen molar-refractivity contribution in [3.05, 3.63) is 33.3 Å². The number of carbonyl (C=O) groups is 1. The molecule has 1 aromatic rings. The van der Waals surface area contributed by atoms with E-state index in [9.17, 15) is 14.9 Å². The molecule has 2 atom stereocenters. The van der Waals surface area contributed by atoms with Gasteiger partial charge in [-0.25, -0.2) is 0 Å². The number of nitrogens with one attached hydrogen (secondary N) is 1. The molecule has 0 saturated heterocycles. The van der Waals surface area contributed by atoms with Gasteiger partial charge in [0.15, 0.2) is 0 Å². The van der Waals surface area contributed by atoms with Crippen molar-refractivity contribution in [1.82, 2.24) is 0 Å². The van der Waals surface area contributed by atoms with E-state index in [-0.39, 0.29) is 28.5 Å². The molecular formula is C13H16ClN3O3. The van der Waals surface area contributed by atoms with Crippen LogP contribution in [0.2, 0.25) is 5.02 Å². The van der Waals surface area contributed by atoms with Gasteiger partial charge in [0.1, 0.15) is 5.02 Å². The molecule has 0 aromatic heterocycles. The topological polar surface area (TPSA) is 98.3 Å². The van der Waals surface area contributed by atoms with Gasteiger partial charge in [-0.2, -0.15) is 0 Å². The Hall–Kier alpha value is -1.66. The number of amides is 1. The normalized spacial score (nSPS) is 21.7. The van der Waals surface area contributed by atoms with Crippen LogP contribution in [0.25, 0.3) is 0 Å². The highest BCUT2D eigenvalue weighted by atomic mass is 35.5. The molecule has 1 amide bonds. The summed E-state index contributed by atoms with van der Waals surface area (Å²) < 4.78 is 0. The molecule has 2 unspecified atom stereocenters. The number of halogens is 1. The van der Waals surface area contributed by atoms with Crippen LogP contribution in [0.3, 0.4) is 0 Å². The molecule has 1 aliphatic rings. The Labute approximate surface area is 121 Å². The summed E-state index contributed by atoms with van der Waals surface area (Å²) in [5.74, 6) is 0.0281. The molecule has 108 valence electrons. The number of nitrogens with two attached hydrogens (primary N) is 1. The zero-order valence-corrected chi connectivity index (χ0v) is 11.6. The summed E-state index contributed by atoms with van der Waals surface area (Å²) in [5.41, 5.74) is 5.95. The first-order valence-electron chi connectivity index (χ1n) is 6.47. The highest BCUT2D eigenvalue weighted by Crippen LogP contribution is 2.33. The summed E-state index contributed by atoms with van der Waals surface area (Å²) in [5, 5.41) is 13.4. The number of nitro groups is 1. The van der Waals surface area contributed by atoms with Gasteiger partial charge in [-0.1, -0.05) is 18.0 Å². The van der Waals surface area contributed by atoms with Crippen molar-refractivity contribution in [2.45, 2.75) is 19.3 Å². The molecule has 1 aliphatic carbocycles. The van der Waals surface area contributed by atoms with E-state index in [1.54, 1.807) is 0 Å². The zero-order chi connectivity index (χ0) is 14.7. The van der Waals surface area contributed by atoms with Gasteiger partial charge in [0.2, 0.25) is 5.91 Å². The largest absolute Gasteiger partial charge is 0.330 e. The molecule has 6 nitrogen and oxygen atoms in total. The lowest BCUT2D eigenvalue weighted by molar-refractivity contribution is -0.384. The minimum Gasteiger partial charge on any atom is -0.330 e. The van der Waals surface area contributed by atoms with Gasteiger partial charge in [-0.15, -0.1) is 0 Å². The Bertz CT molecular complexity index is 536. The van der Waals surface area contributed by atoms with Crippen LogP contribution in [0.1, 0.15) is 19.3 Å². The highest BCUT2D eigenvalue weighted by molar-refractivity contribution is 6.33. The van der Waals surface area contributed by atoms with Gasteiger partial charge in [-0.3, -0.25) is 14.9 Å². The molecule has 1 fully saturated rings. The summed E-state index contributed by atoms with van der Waals surface area (Å²) in [6.07, 6.45) is 2.80. The van der Waals surface area contributed by atoms with Gasteiger partial charge in [0.05, 0.1) is 4.92 Å². The van der Waals surface area contributed by atoms with E-state index < -0.39 is 4.92 Å². The molecular weight excluding hydrogens is 282 g/mol. The van der Waals surface area contributed by atoms with Crippen LogP contribution in [-0.2, 0) is 4.79 Å². The van der Waals surface area contributed by atoms with Crippen LogP contribution in [-0.4, -0.2) is 17.4 Å². The van der Waals surface area contributed by atoms with Crippen LogP contribution < -0.4 is 11.1 Å². The van der Waals surface area contributed by atoms with E-state index in [1.807, 2.05) is 0 Å². The second-order valence-corrected chi connectivity index (χ2v) is 5.35. The van der Waals surface area contributed by atoms with Crippen molar-refractivity contribution in [2.24, 2.45) is 17.6 Å². The van der Waals surface area contributed by atoms with Gasteiger partial charge in [0.25, 0.3) is 5.69 Å². The monoisotopic (exact) mass is 297 g/mol. The summed E-state index contributed by atoms with van der Waals surface area (Å²) in [6, 6.07) is 4.16. The van der Waals surface area contributed by atoms with E-state index in [1.165, 1.54) is 18.2 Å². The van der Waals surface area contributed by atoms with Crippen LogP contribution in [0.5, 0.6) is 0 Å². The van der Waals surface area contributed by atoms with Crippen molar-refractivity contribution < 1.29 is 9.72 Å². The van der Waals surface area contributed by atoms with Gasteiger partial charge in [-0.05, 0) is 37.4 Å². The fourth-order valence-electron chi connectivity index (χ4n) is 2.63. The number of rotatable bonds is 4. The Morgan fingerprint density at radius 2 is 2.25 bits per heavy atom.